The first-order chi connectivity index (χ1) is 15.0. The molecule has 31 heavy (non-hydrogen) atoms. The summed E-state index contributed by atoms with van der Waals surface area (Å²) >= 11 is 5.97. The number of benzene rings is 3. The van der Waals surface area contributed by atoms with Crippen LogP contribution in [-0.2, 0) is 0 Å². The minimum absolute atomic E-state index is 0.227. The second kappa shape index (κ2) is 9.02. The molecular formula is C24H21ClN4O2. The monoisotopic (exact) mass is 432 g/mol. The zero-order chi connectivity index (χ0) is 21.8. The normalized spacial score (nSPS) is 10.7. The maximum atomic E-state index is 12.4. The Morgan fingerprint density at radius 1 is 1.06 bits per heavy atom. The fraction of sp³-hybridized carbons (Fsp3) is 0.125. The molecule has 0 bridgehead atoms. The van der Waals surface area contributed by atoms with Gasteiger partial charge in [-0.1, -0.05) is 47.5 Å². The summed E-state index contributed by atoms with van der Waals surface area (Å²) in [6, 6.07) is 22.6. The Labute approximate surface area is 185 Å². The van der Waals surface area contributed by atoms with E-state index in [9.17, 15) is 4.79 Å². The molecule has 0 atom stereocenters. The molecule has 0 fully saturated rings. The van der Waals surface area contributed by atoms with Gasteiger partial charge in [0.15, 0.2) is 5.82 Å². The van der Waals surface area contributed by atoms with Crippen LogP contribution in [0.2, 0.25) is 5.02 Å². The van der Waals surface area contributed by atoms with Crippen LogP contribution in [-0.4, -0.2) is 27.3 Å². The minimum atomic E-state index is -0.227. The molecule has 6 nitrogen and oxygen atoms in total. The standard InChI is InChI=1S/C24H21ClN4O2/c1-3-31-24-27-22(17-9-7-16(2)8-10-17)29(28-24)21-13-11-20(12-14-21)26-23(30)18-5-4-6-19(25)15-18/h4-15H,3H2,1-2H3,(H,26,30). The number of carbonyl (C=O) groups is 1. The number of ether oxygens (including phenoxy) is 1. The molecule has 3 aromatic carbocycles. The van der Waals surface area contributed by atoms with E-state index in [1.807, 2.05) is 62.4 Å². The molecule has 7 heteroatoms. The molecule has 0 aliphatic rings. The van der Waals surface area contributed by atoms with Gasteiger partial charge in [-0.05, 0) is 56.3 Å². The predicted octanol–water partition coefficient (Wildman–Crippen LogP) is 5.55. The number of hydrogen-bond donors (Lipinski definition) is 1. The van der Waals surface area contributed by atoms with E-state index in [0.29, 0.717) is 34.7 Å². The zero-order valence-corrected chi connectivity index (χ0v) is 17.9. The van der Waals surface area contributed by atoms with Gasteiger partial charge in [0, 0.05) is 21.8 Å². The number of anilines is 1. The first kappa shape index (κ1) is 20.6. The van der Waals surface area contributed by atoms with E-state index in [-0.39, 0.29) is 5.91 Å². The summed E-state index contributed by atoms with van der Waals surface area (Å²) in [6.07, 6.45) is 0. The smallest absolute Gasteiger partial charge is 0.336 e. The molecule has 0 aliphatic heterocycles. The summed E-state index contributed by atoms with van der Waals surface area (Å²) in [5.74, 6) is 0.453. The molecule has 4 aromatic rings. The highest BCUT2D eigenvalue weighted by molar-refractivity contribution is 6.31. The van der Waals surface area contributed by atoms with Crippen molar-refractivity contribution >= 4 is 23.2 Å². The zero-order valence-electron chi connectivity index (χ0n) is 17.2. The van der Waals surface area contributed by atoms with Crippen molar-refractivity contribution in [2.75, 3.05) is 11.9 Å². The van der Waals surface area contributed by atoms with E-state index in [4.69, 9.17) is 16.3 Å². The Kier molecular flexibility index (Phi) is 6.00. The number of rotatable bonds is 6. The van der Waals surface area contributed by atoms with Crippen LogP contribution in [0.15, 0.2) is 72.8 Å². The third-order valence-electron chi connectivity index (χ3n) is 4.63. The van der Waals surface area contributed by atoms with Gasteiger partial charge in [0.25, 0.3) is 5.91 Å². The lowest BCUT2D eigenvalue weighted by atomic mass is 10.1. The van der Waals surface area contributed by atoms with E-state index < -0.39 is 0 Å². The van der Waals surface area contributed by atoms with Gasteiger partial charge in [-0.25, -0.2) is 4.68 Å². The SMILES string of the molecule is CCOc1nc(-c2ccc(C)cc2)n(-c2ccc(NC(=O)c3cccc(Cl)c3)cc2)n1. The highest BCUT2D eigenvalue weighted by Gasteiger charge is 2.15. The van der Waals surface area contributed by atoms with Crippen LogP contribution in [0.25, 0.3) is 17.1 Å². The van der Waals surface area contributed by atoms with Gasteiger partial charge in [-0.2, -0.15) is 4.98 Å². The quantitative estimate of drug-likeness (QED) is 0.434. The van der Waals surface area contributed by atoms with Gasteiger partial charge in [0.1, 0.15) is 0 Å². The maximum Gasteiger partial charge on any atom is 0.336 e. The van der Waals surface area contributed by atoms with Gasteiger partial charge in [-0.15, -0.1) is 5.10 Å². The molecule has 156 valence electrons. The fourth-order valence-corrected chi connectivity index (χ4v) is 3.26. The number of aromatic nitrogens is 3. The average molecular weight is 433 g/mol. The van der Waals surface area contributed by atoms with Crippen LogP contribution in [0.1, 0.15) is 22.8 Å². The number of halogens is 1. The second-order valence-electron chi connectivity index (χ2n) is 6.94. The first-order valence-electron chi connectivity index (χ1n) is 9.88. The minimum Gasteiger partial charge on any atom is -0.463 e. The van der Waals surface area contributed by atoms with Gasteiger partial charge in [0.2, 0.25) is 0 Å². The lowest BCUT2D eigenvalue weighted by molar-refractivity contribution is 0.102. The van der Waals surface area contributed by atoms with Crippen LogP contribution in [0.5, 0.6) is 6.01 Å². The molecule has 0 saturated carbocycles. The molecule has 1 amide bonds. The van der Waals surface area contributed by atoms with Gasteiger partial charge in [0.05, 0.1) is 12.3 Å². The lowest BCUT2D eigenvalue weighted by Gasteiger charge is -2.09. The van der Waals surface area contributed by atoms with E-state index in [2.05, 4.69) is 15.4 Å². The largest absolute Gasteiger partial charge is 0.463 e. The van der Waals surface area contributed by atoms with Gasteiger partial charge >= 0.3 is 6.01 Å². The first-order valence-corrected chi connectivity index (χ1v) is 10.3. The third kappa shape index (κ3) is 4.75. The Morgan fingerprint density at radius 2 is 1.81 bits per heavy atom. The fourth-order valence-electron chi connectivity index (χ4n) is 3.07. The predicted molar refractivity (Wildman–Crippen MR) is 122 cm³/mol. The molecule has 1 heterocycles. The number of aryl methyl sites for hydroxylation is 1. The topological polar surface area (TPSA) is 69.0 Å². The number of nitrogens with zero attached hydrogens (tertiary/aromatic N) is 3. The van der Waals surface area contributed by atoms with Crippen molar-refractivity contribution in [3.63, 3.8) is 0 Å². The summed E-state index contributed by atoms with van der Waals surface area (Å²) < 4.78 is 7.25. The summed E-state index contributed by atoms with van der Waals surface area (Å²) in [5, 5.41) is 7.89. The van der Waals surface area contributed by atoms with Gasteiger partial charge in [-0.3, -0.25) is 4.79 Å². The van der Waals surface area contributed by atoms with Crippen molar-refractivity contribution in [1.29, 1.82) is 0 Å². The Bertz CT molecular complexity index is 1200. The molecule has 0 saturated heterocycles. The molecule has 1 aromatic heterocycles. The van der Waals surface area contributed by atoms with Crippen LogP contribution >= 0.6 is 11.6 Å². The molecule has 0 aliphatic carbocycles. The number of carbonyl (C=O) groups excluding carboxylic acids is 1. The van der Waals surface area contributed by atoms with E-state index in [0.717, 1.165) is 11.3 Å². The summed E-state index contributed by atoms with van der Waals surface area (Å²) in [4.78, 5) is 17.0. The van der Waals surface area contributed by atoms with Crippen molar-refractivity contribution in [2.45, 2.75) is 13.8 Å². The van der Waals surface area contributed by atoms with Crippen LogP contribution in [0.4, 0.5) is 5.69 Å². The van der Waals surface area contributed by atoms with Crippen molar-refractivity contribution in [3.8, 4) is 23.1 Å². The molecule has 1 N–H and O–H groups in total. The lowest BCUT2D eigenvalue weighted by Crippen LogP contribution is -2.11. The number of nitrogens with one attached hydrogen (secondary N) is 1. The van der Waals surface area contributed by atoms with E-state index >= 15 is 0 Å². The highest BCUT2D eigenvalue weighted by atomic mass is 35.5. The summed E-state index contributed by atoms with van der Waals surface area (Å²) in [6.45, 7) is 4.41. The summed E-state index contributed by atoms with van der Waals surface area (Å²) in [5.41, 5.74) is 4.06. The molecule has 0 radical (unpaired) electrons. The van der Waals surface area contributed by atoms with Gasteiger partial charge < -0.3 is 10.1 Å². The molecule has 0 spiro atoms. The molecule has 4 rings (SSSR count). The Balaban J connectivity index is 1.61. The maximum absolute atomic E-state index is 12.4. The van der Waals surface area contributed by atoms with E-state index in [1.54, 1.807) is 28.9 Å². The van der Waals surface area contributed by atoms with E-state index in [1.165, 1.54) is 5.56 Å². The van der Waals surface area contributed by atoms with Crippen molar-refractivity contribution in [1.82, 2.24) is 14.8 Å². The van der Waals surface area contributed by atoms with Crippen LogP contribution in [0, 0.1) is 6.92 Å². The molecule has 0 unspecified atom stereocenters. The average Bonchev–Trinajstić information content (AvgIpc) is 3.19. The summed E-state index contributed by atoms with van der Waals surface area (Å²) in [7, 11) is 0. The molecular weight excluding hydrogens is 412 g/mol. The highest BCUT2D eigenvalue weighted by Crippen LogP contribution is 2.25. The third-order valence-corrected chi connectivity index (χ3v) is 4.86. The second-order valence-corrected chi connectivity index (χ2v) is 7.38. The number of hydrogen-bond acceptors (Lipinski definition) is 4. The van der Waals surface area contributed by atoms with Crippen molar-refractivity contribution in [2.24, 2.45) is 0 Å². The van der Waals surface area contributed by atoms with Crippen LogP contribution in [0.3, 0.4) is 0 Å². The van der Waals surface area contributed by atoms with Crippen LogP contribution < -0.4 is 10.1 Å². The Hall–Kier alpha value is -3.64. The Morgan fingerprint density at radius 3 is 2.48 bits per heavy atom. The number of amides is 1. The van der Waals surface area contributed by atoms with Crippen molar-refractivity contribution < 1.29 is 9.53 Å². The van der Waals surface area contributed by atoms with Crippen molar-refractivity contribution in [3.05, 3.63) is 88.9 Å².